The molecule has 0 saturated heterocycles. The lowest BCUT2D eigenvalue weighted by atomic mass is 9.89. The van der Waals surface area contributed by atoms with Gasteiger partial charge in [0.25, 0.3) is 0 Å². The lowest BCUT2D eigenvalue weighted by Gasteiger charge is -2.26. The number of aryl methyl sites for hydroxylation is 1. The van der Waals surface area contributed by atoms with E-state index in [-0.39, 0.29) is 37.0 Å². The number of aliphatic hydroxyl groups is 2. The highest BCUT2D eigenvalue weighted by Crippen LogP contribution is 2.30. The van der Waals surface area contributed by atoms with E-state index in [1.807, 2.05) is 13.1 Å². The highest BCUT2D eigenvalue weighted by Gasteiger charge is 2.31. The Bertz CT molecular complexity index is 1380. The molecule has 42 heavy (non-hydrogen) atoms. The number of phenols is 1. The van der Waals surface area contributed by atoms with Crippen LogP contribution in [-0.2, 0) is 24.1 Å². The Balaban J connectivity index is 1.14. The van der Waals surface area contributed by atoms with Crippen LogP contribution in [0, 0.1) is 0 Å². The summed E-state index contributed by atoms with van der Waals surface area (Å²) in [4.78, 5) is 18.2. The van der Waals surface area contributed by atoms with E-state index in [0.29, 0.717) is 31.9 Å². The number of allylic oxidation sites excluding steroid dienone is 1. The van der Waals surface area contributed by atoms with Crippen molar-refractivity contribution in [3.05, 3.63) is 82.2 Å². The fourth-order valence-electron chi connectivity index (χ4n) is 6.08. The number of ether oxygens (including phenoxy) is 1. The van der Waals surface area contributed by atoms with Gasteiger partial charge >= 0.3 is 0 Å². The van der Waals surface area contributed by atoms with Crippen LogP contribution in [0.1, 0.15) is 67.4 Å². The van der Waals surface area contributed by atoms with Gasteiger partial charge in [-0.05, 0) is 65.6 Å². The van der Waals surface area contributed by atoms with Crippen molar-refractivity contribution in [2.75, 3.05) is 19.8 Å². The van der Waals surface area contributed by atoms with E-state index in [4.69, 9.17) is 10.5 Å². The molecule has 7 N–H and O–H groups in total. The topological polar surface area (TPSA) is 142 Å². The Morgan fingerprint density at radius 3 is 2.93 bits per heavy atom. The summed E-state index contributed by atoms with van der Waals surface area (Å²) >= 11 is 0. The first kappa shape index (κ1) is 30.1. The second-order valence-corrected chi connectivity index (χ2v) is 11.6. The summed E-state index contributed by atoms with van der Waals surface area (Å²) in [6.07, 6.45) is 6.83. The molecule has 2 aromatic carbocycles. The molecule has 0 radical (unpaired) electrons. The molecule has 0 fully saturated rings. The number of phenolic OH excluding ortho intramolecular Hbond substituents is 1. The normalized spacial score (nSPS) is 20.7. The van der Waals surface area contributed by atoms with Gasteiger partial charge in [-0.15, -0.1) is 0 Å². The van der Waals surface area contributed by atoms with Crippen LogP contribution in [0.25, 0.3) is 0 Å². The summed E-state index contributed by atoms with van der Waals surface area (Å²) in [6, 6.07) is 11.5. The molecule has 3 heterocycles. The predicted molar refractivity (Wildman–Crippen MR) is 161 cm³/mol. The molecule has 2 aromatic rings. The van der Waals surface area contributed by atoms with Crippen LogP contribution in [-0.4, -0.2) is 58.8 Å². The number of rotatable bonds is 14. The number of quaternary nitrogens is 1. The fraction of sp³-hybridized carbons (Fsp3) is 0.455. The second-order valence-electron chi connectivity index (χ2n) is 11.6. The zero-order valence-electron chi connectivity index (χ0n) is 24.3. The number of aliphatic hydroxyl groups excluding tert-OH is 2. The van der Waals surface area contributed by atoms with Crippen molar-refractivity contribution < 1.29 is 29.8 Å². The van der Waals surface area contributed by atoms with Crippen LogP contribution in [0.5, 0.6) is 11.5 Å². The molecule has 0 aliphatic carbocycles. The molecule has 1 unspecified atom stereocenters. The minimum absolute atomic E-state index is 0.0347. The van der Waals surface area contributed by atoms with Gasteiger partial charge in [-0.3, -0.25) is 20.0 Å². The van der Waals surface area contributed by atoms with E-state index in [2.05, 4.69) is 34.7 Å². The van der Waals surface area contributed by atoms with Gasteiger partial charge in [0, 0.05) is 32.0 Å². The summed E-state index contributed by atoms with van der Waals surface area (Å²) in [6.45, 7) is 3.89. The maximum atomic E-state index is 12.4. The number of hydrogen-bond donors (Lipinski definition) is 6. The molecule has 5 rings (SSSR count). The number of carbonyl (C=O) groups is 1. The number of fused-ring (bicyclic) bond motifs is 2. The van der Waals surface area contributed by atoms with Gasteiger partial charge in [-0.2, -0.15) is 0 Å². The predicted octanol–water partition coefficient (Wildman–Crippen LogP) is 2.00. The number of nitrogens with one attached hydrogen (secondary N) is 2. The monoisotopic (exact) mass is 575 g/mol. The molecule has 3 aliphatic heterocycles. The van der Waals surface area contributed by atoms with Crippen molar-refractivity contribution >= 4 is 11.5 Å². The minimum Gasteiger partial charge on any atom is -0.504 e. The Kier molecular flexibility index (Phi) is 9.87. The van der Waals surface area contributed by atoms with Crippen LogP contribution in [0.15, 0.2) is 64.9 Å². The third-order valence-electron chi connectivity index (χ3n) is 8.30. The molecule has 0 saturated carbocycles. The lowest BCUT2D eigenvalue weighted by Crippen LogP contribution is -3.07. The highest BCUT2D eigenvalue weighted by molar-refractivity contribution is 6.08. The van der Waals surface area contributed by atoms with Crippen LogP contribution in [0.2, 0.25) is 0 Å². The quantitative estimate of drug-likeness (QED) is 0.202. The van der Waals surface area contributed by atoms with Crippen LogP contribution in [0.3, 0.4) is 0 Å². The number of Topliss-reactive ketones (excluding diaryl/α,β-unsaturated/α-hetero) is 1. The highest BCUT2D eigenvalue weighted by atomic mass is 16.5. The fourth-order valence-corrected chi connectivity index (χ4v) is 6.08. The van der Waals surface area contributed by atoms with Crippen molar-refractivity contribution in [3.8, 4) is 11.5 Å². The van der Waals surface area contributed by atoms with Crippen molar-refractivity contribution in [1.82, 2.24) is 5.32 Å². The number of ketones is 1. The second kappa shape index (κ2) is 13.8. The summed E-state index contributed by atoms with van der Waals surface area (Å²) in [5.74, 6) is 0.377. The first-order valence-electron chi connectivity index (χ1n) is 15.1. The molecule has 224 valence electrons. The molecule has 9 heteroatoms. The molecule has 0 bridgehead atoms. The van der Waals surface area contributed by atoms with Gasteiger partial charge in [0.05, 0.1) is 23.9 Å². The average molecular weight is 576 g/mol. The van der Waals surface area contributed by atoms with Gasteiger partial charge < -0.3 is 25.8 Å². The maximum absolute atomic E-state index is 12.4. The first-order chi connectivity index (χ1) is 20.3. The molecular weight excluding hydrogens is 532 g/mol. The van der Waals surface area contributed by atoms with Crippen molar-refractivity contribution in [3.63, 3.8) is 0 Å². The summed E-state index contributed by atoms with van der Waals surface area (Å²) in [7, 11) is 0. The molecule has 0 spiro atoms. The smallest absolute Gasteiger partial charge is 0.227 e. The van der Waals surface area contributed by atoms with Gasteiger partial charge in [-0.25, -0.2) is 0 Å². The summed E-state index contributed by atoms with van der Waals surface area (Å²) in [5.41, 5.74) is 14.3. The molecule has 4 atom stereocenters. The lowest BCUT2D eigenvalue weighted by molar-refractivity contribution is -0.851. The number of hydrogen-bond acceptors (Lipinski definition) is 8. The third-order valence-corrected chi connectivity index (χ3v) is 8.30. The van der Waals surface area contributed by atoms with Gasteiger partial charge in [-0.1, -0.05) is 37.6 Å². The van der Waals surface area contributed by atoms with Crippen molar-refractivity contribution in [2.24, 2.45) is 10.7 Å². The Morgan fingerprint density at radius 2 is 2.10 bits per heavy atom. The molecular formula is C33H43N4O5+. The number of aliphatic imine (C=N–C) groups is 1. The number of nitrogens with zero attached hydrogens (tertiary/aromatic N) is 1. The Morgan fingerprint density at radius 1 is 1.24 bits per heavy atom. The van der Waals surface area contributed by atoms with Crippen molar-refractivity contribution in [2.45, 2.75) is 76.7 Å². The third kappa shape index (κ3) is 7.35. The van der Waals surface area contributed by atoms with E-state index in [1.54, 1.807) is 18.2 Å². The molecule has 0 aromatic heterocycles. The van der Waals surface area contributed by atoms with Crippen LogP contribution >= 0.6 is 0 Å². The van der Waals surface area contributed by atoms with E-state index >= 15 is 0 Å². The summed E-state index contributed by atoms with van der Waals surface area (Å²) < 4.78 is 6.02. The van der Waals surface area contributed by atoms with E-state index in [9.17, 15) is 20.1 Å². The van der Waals surface area contributed by atoms with E-state index < -0.39 is 12.2 Å². The number of benzene rings is 2. The zero-order chi connectivity index (χ0) is 29.6. The van der Waals surface area contributed by atoms with Crippen LogP contribution in [0.4, 0.5) is 0 Å². The van der Waals surface area contributed by atoms with Gasteiger partial charge in [0.15, 0.2) is 11.5 Å². The van der Waals surface area contributed by atoms with Gasteiger partial charge in [0.1, 0.15) is 24.2 Å². The van der Waals surface area contributed by atoms with E-state index in [0.717, 1.165) is 47.6 Å². The van der Waals surface area contributed by atoms with E-state index in [1.165, 1.54) is 22.3 Å². The first-order valence-corrected chi connectivity index (χ1v) is 15.1. The Labute approximate surface area is 247 Å². The molecule has 9 nitrogen and oxygen atoms in total. The SMILES string of the molecule is CCC[C@H](O)C[C@@H](O)CC(=O)CCc1ccc(O)c(OC[NH+]2C=C3C(Cc4cccc5c4CCN[C@@H]5N)=CN=C3C2)c1. The largest absolute Gasteiger partial charge is 0.504 e. The van der Waals surface area contributed by atoms with Crippen molar-refractivity contribution in [1.29, 1.82) is 0 Å². The van der Waals surface area contributed by atoms with Crippen LogP contribution < -0.4 is 20.7 Å². The minimum atomic E-state index is -0.830. The molecule has 3 aliphatic rings. The standard InChI is InChI=1S/C33H42N4O5/c1-2-4-24(38)15-26(40)16-25(39)9-7-21-8-10-31(41)32(13-21)42-20-37-18-29-23(17-36-30(29)19-37)14-22-5-3-6-28-27(22)11-12-35-33(28)34/h3,5-6,8,10,13,17-18,24,26,33,35,38,40-41H,2,4,7,9,11-12,14-16,19-20,34H2,1H3/p+1/t24-,26+,33-/m0/s1. The summed E-state index contributed by atoms with van der Waals surface area (Å²) in [5, 5.41) is 33.7. The zero-order valence-corrected chi connectivity index (χ0v) is 24.3. The average Bonchev–Trinajstić information content (AvgIpc) is 3.53. The van der Waals surface area contributed by atoms with Gasteiger partial charge in [0.2, 0.25) is 6.73 Å². The Hall–Kier alpha value is -3.34. The number of nitrogens with two attached hydrogens (primary N) is 1. The molecule has 0 amide bonds. The number of aromatic hydroxyl groups is 1. The maximum Gasteiger partial charge on any atom is 0.227 e. The number of carbonyl (C=O) groups excluding carboxylic acids is 1.